The zero-order valence-electron chi connectivity index (χ0n) is 17.9. The number of halogens is 1. The van der Waals surface area contributed by atoms with Crippen molar-refractivity contribution in [3.63, 3.8) is 0 Å². The largest absolute Gasteiger partial charge is 0.481 e. The van der Waals surface area contributed by atoms with Gasteiger partial charge in [0.1, 0.15) is 11.4 Å². The Labute approximate surface area is 199 Å². The van der Waals surface area contributed by atoms with Crippen LogP contribution in [0.3, 0.4) is 0 Å². The van der Waals surface area contributed by atoms with Gasteiger partial charge >= 0.3 is 5.97 Å². The zero-order chi connectivity index (χ0) is 23.9. The van der Waals surface area contributed by atoms with Crippen LogP contribution in [-0.4, -0.2) is 30.8 Å². The van der Waals surface area contributed by atoms with Crippen molar-refractivity contribution >= 4 is 29.2 Å². The predicted octanol–water partition coefficient (Wildman–Crippen LogP) is 4.29. The van der Waals surface area contributed by atoms with Crippen LogP contribution >= 0.6 is 11.6 Å². The van der Waals surface area contributed by atoms with Crippen LogP contribution in [0.5, 0.6) is 11.6 Å². The van der Waals surface area contributed by atoms with Gasteiger partial charge in [0.2, 0.25) is 11.8 Å². The van der Waals surface area contributed by atoms with E-state index in [1.807, 2.05) is 6.07 Å². The Bertz CT molecular complexity index is 1330. The van der Waals surface area contributed by atoms with Gasteiger partial charge in [-0.2, -0.15) is 0 Å². The number of nitrogens with one attached hydrogen (secondary N) is 1. The van der Waals surface area contributed by atoms with Crippen LogP contribution in [0.1, 0.15) is 17.7 Å². The monoisotopic (exact) mass is 477 g/mol. The highest BCUT2D eigenvalue weighted by Gasteiger charge is 2.14. The Hall–Kier alpha value is -4.24. The van der Waals surface area contributed by atoms with E-state index < -0.39 is 11.5 Å². The molecular weight excluding hydrogens is 458 g/mol. The molecule has 4 rings (SSSR count). The third-order valence-corrected chi connectivity index (χ3v) is 5.07. The van der Waals surface area contributed by atoms with Crippen LogP contribution in [0, 0.1) is 0 Å². The maximum Gasteiger partial charge on any atom is 0.303 e. The van der Waals surface area contributed by atoms with Gasteiger partial charge in [-0.25, -0.2) is 4.98 Å². The predicted molar refractivity (Wildman–Crippen MR) is 127 cm³/mol. The Kier molecular flexibility index (Phi) is 7.14. The van der Waals surface area contributed by atoms with Gasteiger partial charge in [0.25, 0.3) is 5.56 Å². The lowest BCUT2D eigenvalue weighted by molar-refractivity contribution is -0.136. The van der Waals surface area contributed by atoms with Crippen molar-refractivity contribution < 1.29 is 14.6 Å². The van der Waals surface area contributed by atoms with Crippen molar-refractivity contribution in [3.05, 3.63) is 99.6 Å². The first-order valence-electron chi connectivity index (χ1n) is 10.4. The summed E-state index contributed by atoms with van der Waals surface area (Å²) in [6.07, 6.45) is 1.42. The number of benzene rings is 2. The second kappa shape index (κ2) is 10.6. The molecule has 2 N–H and O–H groups in total. The summed E-state index contributed by atoms with van der Waals surface area (Å²) >= 11 is 5.97. The summed E-state index contributed by atoms with van der Waals surface area (Å²) in [6, 6.07) is 19.5. The second-order valence-electron chi connectivity index (χ2n) is 7.30. The van der Waals surface area contributed by atoms with E-state index in [9.17, 15) is 9.59 Å². The normalized spacial score (nSPS) is 10.6. The maximum atomic E-state index is 13.1. The van der Waals surface area contributed by atoms with Gasteiger partial charge in [0.05, 0.1) is 13.0 Å². The summed E-state index contributed by atoms with van der Waals surface area (Å²) in [6.45, 7) is 0.203. The van der Waals surface area contributed by atoms with Gasteiger partial charge in [-0.05, 0) is 48.0 Å². The molecule has 2 heterocycles. The summed E-state index contributed by atoms with van der Waals surface area (Å²) in [5.74, 6) is 0.277. The lowest BCUT2D eigenvalue weighted by Gasteiger charge is -2.14. The first-order valence-corrected chi connectivity index (χ1v) is 10.7. The van der Waals surface area contributed by atoms with Gasteiger partial charge in [-0.3, -0.25) is 14.2 Å². The van der Waals surface area contributed by atoms with E-state index in [1.54, 1.807) is 66.9 Å². The number of aromatic nitrogens is 4. The van der Waals surface area contributed by atoms with E-state index in [0.29, 0.717) is 22.3 Å². The van der Waals surface area contributed by atoms with Crippen molar-refractivity contribution in [1.82, 2.24) is 19.7 Å². The molecule has 172 valence electrons. The zero-order valence-corrected chi connectivity index (χ0v) is 18.6. The molecule has 0 fully saturated rings. The fourth-order valence-corrected chi connectivity index (χ4v) is 3.24. The van der Waals surface area contributed by atoms with Crippen molar-refractivity contribution in [2.45, 2.75) is 19.4 Å². The average molecular weight is 478 g/mol. The third-order valence-electron chi connectivity index (χ3n) is 4.81. The number of aryl methyl sites for hydroxylation is 1. The molecule has 0 unspecified atom stereocenters. The van der Waals surface area contributed by atoms with Crippen molar-refractivity contribution in [2.75, 3.05) is 5.32 Å². The first-order chi connectivity index (χ1) is 16.5. The van der Waals surface area contributed by atoms with Crippen LogP contribution in [0.4, 0.5) is 11.6 Å². The van der Waals surface area contributed by atoms with Gasteiger partial charge < -0.3 is 15.2 Å². The number of hydrogen-bond acceptors (Lipinski definition) is 7. The van der Waals surface area contributed by atoms with Crippen LogP contribution < -0.4 is 15.6 Å². The van der Waals surface area contributed by atoms with Crippen LogP contribution in [0.15, 0.2) is 77.7 Å². The number of carbonyl (C=O) groups is 1. The molecule has 0 aliphatic heterocycles. The van der Waals surface area contributed by atoms with Crippen molar-refractivity contribution in [2.24, 2.45) is 0 Å². The minimum absolute atomic E-state index is 0.0123. The molecule has 0 amide bonds. The van der Waals surface area contributed by atoms with E-state index in [1.165, 1.54) is 4.57 Å². The highest BCUT2D eigenvalue weighted by atomic mass is 35.5. The number of rotatable bonds is 9. The molecular formula is C24H20ClN5O4. The molecule has 4 aromatic rings. The fraction of sp³-hybridized carbons (Fsp3) is 0.125. The van der Waals surface area contributed by atoms with E-state index in [2.05, 4.69) is 20.5 Å². The molecule has 0 atom stereocenters. The number of hydrogen-bond donors (Lipinski definition) is 2. The minimum Gasteiger partial charge on any atom is -0.481 e. The van der Waals surface area contributed by atoms with Crippen LogP contribution in [0.25, 0.3) is 0 Å². The summed E-state index contributed by atoms with van der Waals surface area (Å²) in [5.41, 5.74) is 1.15. The molecule has 0 aliphatic carbocycles. The molecule has 0 saturated carbocycles. The number of aliphatic carboxylic acids is 1. The van der Waals surface area contributed by atoms with Crippen molar-refractivity contribution in [1.29, 1.82) is 0 Å². The molecule has 0 aliphatic rings. The van der Waals surface area contributed by atoms with Crippen LogP contribution in [0.2, 0.25) is 5.02 Å². The van der Waals surface area contributed by atoms with Crippen LogP contribution in [-0.2, 0) is 17.8 Å². The molecule has 0 spiro atoms. The average Bonchev–Trinajstić information content (AvgIpc) is 2.84. The standard InChI is InChI=1S/C24H20ClN5O4/c25-17-6-4-16(5-7-17)15-30-23(33)20(12-13-22(31)32)28-29-24(30)27-18-8-10-19(11-9-18)34-21-3-1-2-14-26-21/h1-11,14H,12-13,15H2,(H,27,29)(H,31,32). The number of anilines is 2. The van der Waals surface area contributed by atoms with Gasteiger partial charge in [-0.1, -0.05) is 29.8 Å². The highest BCUT2D eigenvalue weighted by Crippen LogP contribution is 2.23. The Morgan fingerprint density at radius 1 is 1.03 bits per heavy atom. The SMILES string of the molecule is O=C(O)CCc1nnc(Nc2ccc(Oc3ccccn3)cc2)n(Cc2ccc(Cl)cc2)c1=O. The van der Waals surface area contributed by atoms with Crippen molar-refractivity contribution in [3.8, 4) is 11.6 Å². The summed E-state index contributed by atoms with van der Waals surface area (Å²) in [4.78, 5) is 28.2. The lowest BCUT2D eigenvalue weighted by atomic mass is 10.2. The molecule has 10 heteroatoms. The summed E-state index contributed by atoms with van der Waals surface area (Å²) in [5, 5.41) is 20.8. The lowest BCUT2D eigenvalue weighted by Crippen LogP contribution is -2.29. The van der Waals surface area contributed by atoms with E-state index >= 15 is 0 Å². The molecule has 0 radical (unpaired) electrons. The third kappa shape index (κ3) is 5.96. The van der Waals surface area contributed by atoms with Gasteiger partial charge in [-0.15, -0.1) is 10.2 Å². The molecule has 34 heavy (non-hydrogen) atoms. The highest BCUT2D eigenvalue weighted by molar-refractivity contribution is 6.30. The number of nitrogens with zero attached hydrogens (tertiary/aromatic N) is 4. The number of carboxylic acid groups (broad SMARTS) is 1. The molecule has 2 aromatic carbocycles. The summed E-state index contributed by atoms with van der Waals surface area (Å²) in [7, 11) is 0. The number of ether oxygens (including phenoxy) is 1. The van der Waals surface area contributed by atoms with Gasteiger partial charge in [0, 0.05) is 29.4 Å². The molecule has 2 aromatic heterocycles. The Morgan fingerprint density at radius 2 is 1.79 bits per heavy atom. The van der Waals surface area contributed by atoms with E-state index in [0.717, 1.165) is 5.56 Å². The molecule has 9 nitrogen and oxygen atoms in total. The second-order valence-corrected chi connectivity index (χ2v) is 7.74. The van der Waals surface area contributed by atoms with E-state index in [-0.39, 0.29) is 31.0 Å². The molecule has 0 bridgehead atoms. The fourth-order valence-electron chi connectivity index (χ4n) is 3.11. The Morgan fingerprint density at radius 3 is 2.47 bits per heavy atom. The first kappa shape index (κ1) is 22.9. The molecule has 0 saturated heterocycles. The number of pyridine rings is 1. The van der Waals surface area contributed by atoms with E-state index in [4.69, 9.17) is 21.4 Å². The topological polar surface area (TPSA) is 119 Å². The minimum atomic E-state index is -1.01. The Balaban J connectivity index is 1.59. The maximum absolute atomic E-state index is 13.1. The quantitative estimate of drug-likeness (QED) is 0.366. The summed E-state index contributed by atoms with van der Waals surface area (Å²) < 4.78 is 7.12. The number of carboxylic acids is 1. The smallest absolute Gasteiger partial charge is 0.303 e. The van der Waals surface area contributed by atoms with Gasteiger partial charge in [0.15, 0.2) is 0 Å².